The first kappa shape index (κ1) is 23.5. The summed E-state index contributed by atoms with van der Waals surface area (Å²) in [4.78, 5) is 22.2. The molecular weight excluding hydrogens is 438 g/mol. The van der Waals surface area contributed by atoms with Crippen LogP contribution in [0.25, 0.3) is 10.2 Å². The van der Waals surface area contributed by atoms with Gasteiger partial charge in [0.05, 0.1) is 30.5 Å². The number of anilines is 1. The molecule has 1 aliphatic heterocycles. The summed E-state index contributed by atoms with van der Waals surface area (Å²) in [5.41, 5.74) is 3.35. The van der Waals surface area contributed by atoms with Gasteiger partial charge >= 0.3 is 0 Å². The largest absolute Gasteiger partial charge is 0.497 e. The van der Waals surface area contributed by atoms with Gasteiger partial charge in [0.2, 0.25) is 0 Å². The van der Waals surface area contributed by atoms with Crippen LogP contribution >= 0.6 is 11.3 Å². The van der Waals surface area contributed by atoms with Crippen LogP contribution in [-0.4, -0.2) is 68.9 Å². The summed E-state index contributed by atoms with van der Waals surface area (Å²) in [5.74, 6) is 1.19. The van der Waals surface area contributed by atoms with Gasteiger partial charge in [-0.05, 0) is 55.7 Å². The molecule has 3 aromatic rings. The van der Waals surface area contributed by atoms with Crippen molar-refractivity contribution in [3.8, 4) is 11.5 Å². The molecule has 0 aliphatic carbocycles. The van der Waals surface area contributed by atoms with E-state index in [9.17, 15) is 4.79 Å². The van der Waals surface area contributed by atoms with E-state index in [0.717, 1.165) is 54.6 Å². The van der Waals surface area contributed by atoms with E-state index in [4.69, 9.17) is 19.2 Å². The smallest absolute Gasteiger partial charge is 0.266 e. The number of amides is 1. The van der Waals surface area contributed by atoms with E-state index >= 15 is 0 Å². The third-order valence-electron chi connectivity index (χ3n) is 5.89. The highest BCUT2D eigenvalue weighted by molar-refractivity contribution is 7.22. The molecule has 0 atom stereocenters. The number of carbonyl (C=O) groups excluding carboxylic acids is 1. The van der Waals surface area contributed by atoms with Crippen LogP contribution < -0.4 is 14.4 Å². The SMILES string of the molecule is COc1cccc(OCC(=O)N(CCCN2CCOCC2)c2nc3cc(C)c(C)cc3s2)c1. The first-order valence-corrected chi connectivity index (χ1v) is 12.1. The predicted molar refractivity (Wildman–Crippen MR) is 132 cm³/mol. The summed E-state index contributed by atoms with van der Waals surface area (Å²) in [5, 5.41) is 0.719. The Balaban J connectivity index is 1.49. The Morgan fingerprint density at radius 2 is 1.91 bits per heavy atom. The minimum absolute atomic E-state index is 0.0568. The second-order valence-corrected chi connectivity index (χ2v) is 9.23. The Morgan fingerprint density at radius 3 is 2.70 bits per heavy atom. The predicted octanol–water partition coefficient (Wildman–Crippen LogP) is 4.06. The topological polar surface area (TPSA) is 64.1 Å². The molecule has 1 aromatic heterocycles. The summed E-state index contributed by atoms with van der Waals surface area (Å²) in [6, 6.07) is 11.5. The number of hydrogen-bond acceptors (Lipinski definition) is 7. The third-order valence-corrected chi connectivity index (χ3v) is 6.93. The molecular formula is C25H31N3O4S. The van der Waals surface area contributed by atoms with Crippen LogP contribution in [-0.2, 0) is 9.53 Å². The van der Waals surface area contributed by atoms with E-state index < -0.39 is 0 Å². The molecule has 0 unspecified atom stereocenters. The Kier molecular flexibility index (Phi) is 7.80. The van der Waals surface area contributed by atoms with Gasteiger partial charge in [0, 0.05) is 32.2 Å². The van der Waals surface area contributed by atoms with Gasteiger partial charge in [-0.1, -0.05) is 17.4 Å². The fourth-order valence-corrected chi connectivity index (χ4v) is 4.89. The van der Waals surface area contributed by atoms with Gasteiger partial charge in [0.25, 0.3) is 5.91 Å². The van der Waals surface area contributed by atoms with Crippen molar-refractivity contribution in [2.24, 2.45) is 0 Å². The molecule has 0 saturated carbocycles. The number of rotatable bonds is 9. The van der Waals surface area contributed by atoms with Crippen LogP contribution in [0.3, 0.4) is 0 Å². The molecule has 7 nitrogen and oxygen atoms in total. The average molecular weight is 470 g/mol. The van der Waals surface area contributed by atoms with Gasteiger partial charge in [-0.15, -0.1) is 0 Å². The van der Waals surface area contributed by atoms with Crippen molar-refractivity contribution in [3.63, 3.8) is 0 Å². The van der Waals surface area contributed by atoms with E-state index in [1.54, 1.807) is 29.4 Å². The number of nitrogens with zero attached hydrogens (tertiary/aromatic N) is 3. The number of ether oxygens (including phenoxy) is 3. The highest BCUT2D eigenvalue weighted by Gasteiger charge is 2.21. The molecule has 0 radical (unpaired) electrons. The monoisotopic (exact) mass is 469 g/mol. The van der Waals surface area contributed by atoms with Crippen molar-refractivity contribution in [1.29, 1.82) is 0 Å². The lowest BCUT2D eigenvalue weighted by molar-refractivity contribution is -0.120. The summed E-state index contributed by atoms with van der Waals surface area (Å²) in [6.07, 6.45) is 0.860. The third kappa shape index (κ3) is 6.01. The molecule has 2 heterocycles. The molecule has 0 spiro atoms. The fourth-order valence-electron chi connectivity index (χ4n) is 3.80. The van der Waals surface area contributed by atoms with Crippen molar-refractivity contribution in [3.05, 3.63) is 47.5 Å². The lowest BCUT2D eigenvalue weighted by atomic mass is 10.1. The Labute approximate surface area is 198 Å². The maximum atomic E-state index is 13.3. The molecule has 0 N–H and O–H groups in total. The number of benzene rings is 2. The van der Waals surface area contributed by atoms with Crippen LogP contribution in [0, 0.1) is 13.8 Å². The van der Waals surface area contributed by atoms with Crippen molar-refractivity contribution >= 4 is 32.6 Å². The highest BCUT2D eigenvalue weighted by Crippen LogP contribution is 2.31. The van der Waals surface area contributed by atoms with Crippen molar-refractivity contribution in [2.45, 2.75) is 20.3 Å². The zero-order valence-electron chi connectivity index (χ0n) is 19.5. The second kappa shape index (κ2) is 11.0. The number of aryl methyl sites for hydroxylation is 2. The zero-order valence-corrected chi connectivity index (χ0v) is 20.3. The van der Waals surface area contributed by atoms with Crippen LogP contribution in [0.15, 0.2) is 36.4 Å². The van der Waals surface area contributed by atoms with Crippen LogP contribution in [0.1, 0.15) is 17.5 Å². The second-order valence-electron chi connectivity index (χ2n) is 8.22. The first-order valence-electron chi connectivity index (χ1n) is 11.3. The van der Waals surface area contributed by atoms with E-state index in [-0.39, 0.29) is 12.5 Å². The highest BCUT2D eigenvalue weighted by atomic mass is 32.1. The number of carbonyl (C=O) groups is 1. The first-order chi connectivity index (χ1) is 16.0. The Bertz CT molecular complexity index is 1060. The quantitative estimate of drug-likeness (QED) is 0.471. The van der Waals surface area contributed by atoms with Gasteiger partial charge in [0.15, 0.2) is 11.7 Å². The van der Waals surface area contributed by atoms with Crippen LogP contribution in [0.4, 0.5) is 5.13 Å². The molecule has 0 bridgehead atoms. The Hall–Kier alpha value is -2.68. The number of methoxy groups -OCH3 is 1. The number of morpholine rings is 1. The van der Waals surface area contributed by atoms with E-state index in [2.05, 4.69) is 30.9 Å². The molecule has 176 valence electrons. The van der Waals surface area contributed by atoms with Gasteiger partial charge < -0.3 is 14.2 Å². The van der Waals surface area contributed by atoms with E-state index in [1.807, 2.05) is 18.2 Å². The van der Waals surface area contributed by atoms with Crippen LogP contribution in [0.2, 0.25) is 0 Å². The van der Waals surface area contributed by atoms with Gasteiger partial charge in [-0.25, -0.2) is 4.98 Å². The van der Waals surface area contributed by atoms with Crippen molar-refractivity contribution < 1.29 is 19.0 Å². The van der Waals surface area contributed by atoms with Crippen LogP contribution in [0.5, 0.6) is 11.5 Å². The summed E-state index contributed by atoms with van der Waals surface area (Å²) < 4.78 is 17.6. The summed E-state index contributed by atoms with van der Waals surface area (Å²) in [6.45, 7) is 9.06. The Morgan fingerprint density at radius 1 is 1.15 bits per heavy atom. The molecule has 1 aliphatic rings. The van der Waals surface area contributed by atoms with Gasteiger partial charge in [0.1, 0.15) is 11.5 Å². The lowest BCUT2D eigenvalue weighted by Gasteiger charge is -2.27. The molecule has 1 amide bonds. The average Bonchev–Trinajstić information content (AvgIpc) is 3.23. The molecule has 1 fully saturated rings. The summed E-state index contributed by atoms with van der Waals surface area (Å²) >= 11 is 1.56. The number of fused-ring (bicyclic) bond motifs is 1. The van der Waals surface area contributed by atoms with Gasteiger partial charge in [-0.3, -0.25) is 14.6 Å². The summed E-state index contributed by atoms with van der Waals surface area (Å²) in [7, 11) is 1.61. The maximum absolute atomic E-state index is 13.3. The molecule has 33 heavy (non-hydrogen) atoms. The molecule has 4 rings (SSSR count). The van der Waals surface area contributed by atoms with Crippen molar-refractivity contribution in [2.75, 3.05) is 58.0 Å². The maximum Gasteiger partial charge on any atom is 0.266 e. The molecule has 8 heteroatoms. The van der Waals surface area contributed by atoms with E-state index in [1.165, 1.54) is 11.1 Å². The number of hydrogen-bond donors (Lipinski definition) is 0. The number of aromatic nitrogens is 1. The normalized spacial score (nSPS) is 14.4. The zero-order chi connectivity index (χ0) is 23.2. The van der Waals surface area contributed by atoms with Gasteiger partial charge in [-0.2, -0.15) is 0 Å². The molecule has 2 aromatic carbocycles. The fraction of sp³-hybridized carbons (Fsp3) is 0.440. The van der Waals surface area contributed by atoms with E-state index in [0.29, 0.717) is 18.0 Å². The molecule has 1 saturated heterocycles. The minimum Gasteiger partial charge on any atom is -0.497 e. The standard InChI is InChI=1S/C25H31N3O4S/c1-18-14-22-23(15-19(18)2)33-25(26-22)28(9-5-8-27-10-12-31-13-11-27)24(29)17-32-21-7-4-6-20(16-21)30-3/h4,6-7,14-16H,5,8-13,17H2,1-3H3. The minimum atomic E-state index is -0.104. The lowest BCUT2D eigenvalue weighted by Crippen LogP contribution is -2.40. The number of thiazole rings is 1. The van der Waals surface area contributed by atoms with Crippen molar-refractivity contribution in [1.82, 2.24) is 9.88 Å².